The minimum absolute atomic E-state index is 0.249. The van der Waals surface area contributed by atoms with Gasteiger partial charge in [0.05, 0.1) is 0 Å². The average molecular weight is 210 g/mol. The van der Waals surface area contributed by atoms with Crippen LogP contribution in [0.15, 0.2) is 0 Å². The molecule has 1 N–H and O–H groups in total. The van der Waals surface area contributed by atoms with E-state index in [9.17, 15) is 4.79 Å². The third-order valence-corrected chi connectivity index (χ3v) is 3.97. The Kier molecular flexibility index (Phi) is 2.53. The van der Waals surface area contributed by atoms with Crippen LogP contribution in [-0.2, 0) is 4.79 Å². The molecule has 3 heteroatoms. The molecule has 2 rings (SSSR count). The Balaban J connectivity index is 1.95. The van der Waals surface area contributed by atoms with Gasteiger partial charge < -0.3 is 5.32 Å². The minimum atomic E-state index is 0.249. The van der Waals surface area contributed by atoms with E-state index in [1.807, 2.05) is 0 Å². The zero-order chi connectivity index (χ0) is 11.1. The number of piperidine rings is 1. The maximum atomic E-state index is 11.3. The molecule has 0 radical (unpaired) electrons. The van der Waals surface area contributed by atoms with E-state index in [4.69, 9.17) is 0 Å². The average Bonchev–Trinajstić information content (AvgIpc) is 2.47. The highest BCUT2D eigenvalue weighted by Crippen LogP contribution is 2.38. The lowest BCUT2D eigenvalue weighted by atomic mass is 9.77. The Bertz CT molecular complexity index is 259. The molecule has 2 aliphatic heterocycles. The molecule has 0 aromatic rings. The summed E-state index contributed by atoms with van der Waals surface area (Å²) in [5.74, 6) is 0.249. The molecule has 0 aliphatic carbocycles. The Hall–Kier alpha value is -0.570. The summed E-state index contributed by atoms with van der Waals surface area (Å²) in [7, 11) is 0. The molecule has 3 nitrogen and oxygen atoms in total. The van der Waals surface area contributed by atoms with Crippen LogP contribution in [0.4, 0.5) is 0 Å². The van der Waals surface area contributed by atoms with Gasteiger partial charge in [-0.05, 0) is 52.1 Å². The van der Waals surface area contributed by atoms with Crippen LogP contribution in [-0.4, -0.2) is 36.0 Å². The fourth-order valence-electron chi connectivity index (χ4n) is 2.76. The first-order valence-electron chi connectivity index (χ1n) is 5.93. The summed E-state index contributed by atoms with van der Waals surface area (Å²) in [6.07, 6.45) is 3.09. The quantitative estimate of drug-likeness (QED) is 0.655. The first-order valence-corrected chi connectivity index (χ1v) is 5.93. The highest BCUT2D eigenvalue weighted by atomic mass is 16.1. The van der Waals surface area contributed by atoms with Crippen molar-refractivity contribution in [3.8, 4) is 0 Å². The van der Waals surface area contributed by atoms with Gasteiger partial charge in [-0.25, -0.2) is 0 Å². The maximum Gasteiger partial charge on any atom is 0.220 e. The number of likely N-dealkylation sites (tertiary alicyclic amines) is 1. The summed E-state index contributed by atoms with van der Waals surface area (Å²) in [5.41, 5.74) is 0.566. The number of hydrogen-bond donors (Lipinski definition) is 1. The number of carbonyl (C=O) groups is 1. The van der Waals surface area contributed by atoms with Gasteiger partial charge in [-0.2, -0.15) is 0 Å². The van der Waals surface area contributed by atoms with E-state index in [-0.39, 0.29) is 11.4 Å². The van der Waals surface area contributed by atoms with E-state index in [2.05, 4.69) is 31.0 Å². The van der Waals surface area contributed by atoms with E-state index >= 15 is 0 Å². The fourth-order valence-corrected chi connectivity index (χ4v) is 2.76. The minimum Gasteiger partial charge on any atom is -0.356 e. The third kappa shape index (κ3) is 2.17. The van der Waals surface area contributed by atoms with Gasteiger partial charge in [0.1, 0.15) is 0 Å². The van der Waals surface area contributed by atoms with Gasteiger partial charge in [-0.3, -0.25) is 9.69 Å². The highest BCUT2D eigenvalue weighted by Gasteiger charge is 2.42. The van der Waals surface area contributed by atoms with E-state index in [1.165, 1.54) is 12.8 Å². The summed E-state index contributed by atoms with van der Waals surface area (Å²) in [4.78, 5) is 13.8. The van der Waals surface area contributed by atoms with Crippen LogP contribution in [0, 0.1) is 5.41 Å². The van der Waals surface area contributed by atoms with Gasteiger partial charge >= 0.3 is 0 Å². The first-order chi connectivity index (χ1) is 6.91. The highest BCUT2D eigenvalue weighted by molar-refractivity contribution is 5.79. The summed E-state index contributed by atoms with van der Waals surface area (Å²) >= 11 is 0. The van der Waals surface area contributed by atoms with Crippen molar-refractivity contribution in [2.45, 2.75) is 45.6 Å². The zero-order valence-electron chi connectivity index (χ0n) is 10.1. The van der Waals surface area contributed by atoms with Crippen LogP contribution in [0.3, 0.4) is 0 Å². The normalized spacial score (nSPS) is 27.0. The topological polar surface area (TPSA) is 32.3 Å². The van der Waals surface area contributed by atoms with Crippen molar-refractivity contribution in [3.05, 3.63) is 0 Å². The largest absolute Gasteiger partial charge is 0.356 e. The smallest absolute Gasteiger partial charge is 0.220 e. The molecule has 0 saturated carbocycles. The number of carbonyl (C=O) groups excluding carboxylic acids is 1. The summed E-state index contributed by atoms with van der Waals surface area (Å²) < 4.78 is 0. The SMILES string of the molecule is CC(C)(C)N1CCC2(CC1)CNC(=O)C2. The molecule has 1 spiro atoms. The number of nitrogens with zero attached hydrogens (tertiary/aromatic N) is 1. The van der Waals surface area contributed by atoms with Crippen molar-refractivity contribution < 1.29 is 4.79 Å². The van der Waals surface area contributed by atoms with Crippen molar-refractivity contribution in [3.63, 3.8) is 0 Å². The van der Waals surface area contributed by atoms with Crippen LogP contribution in [0.5, 0.6) is 0 Å². The Morgan fingerprint density at radius 3 is 2.27 bits per heavy atom. The van der Waals surface area contributed by atoms with E-state index in [0.717, 1.165) is 26.1 Å². The van der Waals surface area contributed by atoms with Gasteiger partial charge in [0.25, 0.3) is 0 Å². The molecule has 0 aromatic heterocycles. The Labute approximate surface area is 92.2 Å². The van der Waals surface area contributed by atoms with E-state index in [0.29, 0.717) is 5.41 Å². The second-order valence-electron chi connectivity index (χ2n) is 6.11. The lowest BCUT2D eigenvalue weighted by molar-refractivity contribution is -0.119. The van der Waals surface area contributed by atoms with Gasteiger partial charge in [-0.1, -0.05) is 0 Å². The second kappa shape index (κ2) is 3.48. The summed E-state index contributed by atoms with van der Waals surface area (Å²) in [6.45, 7) is 9.98. The van der Waals surface area contributed by atoms with Gasteiger partial charge in [0.2, 0.25) is 5.91 Å². The molecule has 1 amide bonds. The van der Waals surface area contributed by atoms with Crippen LogP contribution in [0.1, 0.15) is 40.0 Å². The number of rotatable bonds is 0. The molecule has 15 heavy (non-hydrogen) atoms. The van der Waals surface area contributed by atoms with Gasteiger partial charge in [0.15, 0.2) is 0 Å². The Morgan fingerprint density at radius 1 is 1.27 bits per heavy atom. The molecular weight excluding hydrogens is 188 g/mol. The predicted molar refractivity (Wildman–Crippen MR) is 60.6 cm³/mol. The second-order valence-corrected chi connectivity index (χ2v) is 6.11. The molecule has 0 aromatic carbocycles. The van der Waals surface area contributed by atoms with Crippen molar-refractivity contribution in [1.82, 2.24) is 10.2 Å². The predicted octanol–water partition coefficient (Wildman–Crippen LogP) is 1.39. The molecule has 2 heterocycles. The molecule has 0 bridgehead atoms. The standard InChI is InChI=1S/C12H22N2O/c1-11(2,3)14-6-4-12(5-7-14)8-10(15)13-9-12/h4-9H2,1-3H3,(H,13,15). The lowest BCUT2D eigenvalue weighted by Gasteiger charge is -2.44. The number of amides is 1. The van der Waals surface area contributed by atoms with Crippen molar-refractivity contribution in [1.29, 1.82) is 0 Å². The van der Waals surface area contributed by atoms with E-state index in [1.54, 1.807) is 0 Å². The molecule has 2 fully saturated rings. The molecule has 2 saturated heterocycles. The molecular formula is C12H22N2O. The zero-order valence-corrected chi connectivity index (χ0v) is 10.1. The molecule has 0 atom stereocenters. The molecule has 0 unspecified atom stereocenters. The van der Waals surface area contributed by atoms with Crippen LogP contribution in [0.25, 0.3) is 0 Å². The molecule has 2 aliphatic rings. The van der Waals surface area contributed by atoms with Crippen molar-refractivity contribution in [2.75, 3.05) is 19.6 Å². The van der Waals surface area contributed by atoms with Crippen LogP contribution >= 0.6 is 0 Å². The lowest BCUT2D eigenvalue weighted by Crippen LogP contribution is -2.49. The molecule has 86 valence electrons. The monoisotopic (exact) mass is 210 g/mol. The first kappa shape index (κ1) is 10.9. The third-order valence-electron chi connectivity index (χ3n) is 3.97. The summed E-state index contributed by atoms with van der Waals surface area (Å²) in [6, 6.07) is 0. The number of nitrogens with one attached hydrogen (secondary N) is 1. The van der Waals surface area contributed by atoms with Crippen molar-refractivity contribution in [2.24, 2.45) is 5.41 Å². The van der Waals surface area contributed by atoms with E-state index < -0.39 is 0 Å². The fraction of sp³-hybridized carbons (Fsp3) is 0.917. The summed E-state index contributed by atoms with van der Waals surface area (Å²) in [5, 5.41) is 2.98. The van der Waals surface area contributed by atoms with Crippen LogP contribution < -0.4 is 5.32 Å². The van der Waals surface area contributed by atoms with Crippen LogP contribution in [0.2, 0.25) is 0 Å². The Morgan fingerprint density at radius 2 is 1.87 bits per heavy atom. The van der Waals surface area contributed by atoms with Crippen molar-refractivity contribution >= 4 is 5.91 Å². The van der Waals surface area contributed by atoms with Gasteiger partial charge in [-0.15, -0.1) is 0 Å². The number of hydrogen-bond acceptors (Lipinski definition) is 2. The van der Waals surface area contributed by atoms with Gasteiger partial charge in [0, 0.05) is 18.5 Å². The maximum absolute atomic E-state index is 11.3.